The van der Waals surface area contributed by atoms with Crippen molar-refractivity contribution in [2.24, 2.45) is 0 Å². The van der Waals surface area contributed by atoms with Gasteiger partial charge in [0.1, 0.15) is 0 Å². The second kappa shape index (κ2) is 3.61. The van der Waals surface area contributed by atoms with E-state index in [0.717, 1.165) is 5.01 Å². The number of nitrogens with zero attached hydrogens (tertiary/aromatic N) is 1. The van der Waals surface area contributed by atoms with Gasteiger partial charge in [0, 0.05) is 0 Å². The van der Waals surface area contributed by atoms with Crippen LogP contribution in [-0.4, -0.2) is 23.1 Å². The largest absolute Gasteiger partial charge is 0.436 e. The molecule has 0 spiro atoms. The molecule has 1 aliphatic rings. The third-order valence-corrected chi connectivity index (χ3v) is 2.04. The number of hydrogen-bond acceptors (Lipinski definition) is 4. The minimum Gasteiger partial charge on any atom is -0.435 e. The summed E-state index contributed by atoms with van der Waals surface area (Å²) in [6.07, 6.45) is -1.38. The predicted octanol–water partition coefficient (Wildman–Crippen LogP) is 1.38. The molecule has 0 aromatic heterocycles. The average molecular weight is 206 g/mol. The number of carbonyl (C=O) groups is 2. The number of imide groups is 1. The van der Waals surface area contributed by atoms with Crippen molar-refractivity contribution in [3.05, 3.63) is 30.3 Å². The summed E-state index contributed by atoms with van der Waals surface area (Å²) >= 11 is 0. The molecule has 1 heterocycles. The van der Waals surface area contributed by atoms with E-state index in [2.05, 4.69) is 5.43 Å². The first-order chi connectivity index (χ1) is 7.18. The lowest BCUT2D eigenvalue weighted by Crippen LogP contribution is -2.35. The van der Waals surface area contributed by atoms with Crippen LogP contribution in [0.4, 0.5) is 10.5 Å². The summed E-state index contributed by atoms with van der Waals surface area (Å²) in [5, 5.41) is 0.875. The van der Waals surface area contributed by atoms with Crippen LogP contribution in [0, 0.1) is 0 Å². The zero-order valence-corrected chi connectivity index (χ0v) is 8.14. The molecule has 1 unspecified atom stereocenters. The van der Waals surface area contributed by atoms with Crippen LogP contribution < -0.4 is 5.43 Å². The van der Waals surface area contributed by atoms with Crippen LogP contribution in [0.5, 0.6) is 0 Å². The second-order valence-electron chi connectivity index (χ2n) is 3.18. The number of nitrogens with one attached hydrogen (secondary N) is 1. The van der Waals surface area contributed by atoms with Crippen molar-refractivity contribution in [1.29, 1.82) is 0 Å². The minimum atomic E-state index is -0.714. The number of hydrogen-bond donors (Lipinski definition) is 1. The lowest BCUT2D eigenvalue weighted by atomic mass is 10.3. The molecule has 5 heteroatoms. The zero-order chi connectivity index (χ0) is 10.8. The molecule has 78 valence electrons. The van der Waals surface area contributed by atoms with Gasteiger partial charge in [-0.1, -0.05) is 18.2 Å². The third kappa shape index (κ3) is 1.76. The van der Waals surface area contributed by atoms with Crippen LogP contribution in [0.15, 0.2) is 30.3 Å². The summed E-state index contributed by atoms with van der Waals surface area (Å²) < 4.78 is 4.73. The Bertz CT molecular complexity index is 391. The summed E-state index contributed by atoms with van der Waals surface area (Å²) in [7, 11) is 0. The molecule has 0 radical (unpaired) electrons. The normalized spacial score (nSPS) is 20.3. The Kier molecular flexibility index (Phi) is 2.29. The van der Waals surface area contributed by atoms with Gasteiger partial charge < -0.3 is 4.74 Å². The summed E-state index contributed by atoms with van der Waals surface area (Å²) in [6, 6.07) is 8.96. The van der Waals surface area contributed by atoms with E-state index in [1.54, 1.807) is 24.3 Å². The van der Waals surface area contributed by atoms with Crippen LogP contribution >= 0.6 is 0 Å². The highest BCUT2D eigenvalue weighted by atomic mass is 16.6. The smallest absolute Gasteiger partial charge is 0.435 e. The van der Waals surface area contributed by atoms with E-state index >= 15 is 0 Å². The van der Waals surface area contributed by atoms with Crippen LogP contribution in [-0.2, 0) is 9.53 Å². The molecule has 0 aliphatic carbocycles. The summed E-state index contributed by atoms with van der Waals surface area (Å²) in [4.78, 5) is 22.7. The number of anilines is 1. The number of hydrazine groups is 1. The number of amides is 2. The number of cyclic esters (lactones) is 1. The zero-order valence-electron chi connectivity index (χ0n) is 8.14. The quantitative estimate of drug-likeness (QED) is 0.794. The first-order valence-electron chi connectivity index (χ1n) is 4.55. The van der Waals surface area contributed by atoms with Gasteiger partial charge in [-0.2, -0.15) is 5.01 Å². The molecule has 2 rings (SSSR count). The Morgan fingerprint density at radius 3 is 2.47 bits per heavy atom. The molecule has 2 amide bonds. The molecule has 1 aromatic carbocycles. The van der Waals surface area contributed by atoms with Crippen LogP contribution in [0.25, 0.3) is 0 Å². The van der Waals surface area contributed by atoms with Gasteiger partial charge in [-0.15, -0.1) is 0 Å². The van der Waals surface area contributed by atoms with Gasteiger partial charge in [-0.05, 0) is 19.1 Å². The highest BCUT2D eigenvalue weighted by Gasteiger charge is 2.38. The van der Waals surface area contributed by atoms with Crippen molar-refractivity contribution in [2.75, 3.05) is 5.43 Å². The maximum Gasteiger partial charge on any atom is 0.436 e. The van der Waals surface area contributed by atoms with E-state index in [9.17, 15) is 9.59 Å². The molecular weight excluding hydrogens is 196 g/mol. The van der Waals surface area contributed by atoms with E-state index in [1.165, 1.54) is 6.92 Å². The molecule has 5 nitrogen and oxygen atoms in total. The lowest BCUT2D eigenvalue weighted by molar-refractivity contribution is -0.128. The topological polar surface area (TPSA) is 58.6 Å². The average Bonchev–Trinajstić information content (AvgIpc) is 2.47. The van der Waals surface area contributed by atoms with Gasteiger partial charge in [-0.3, -0.25) is 10.2 Å². The minimum absolute atomic E-state index is 0.385. The fourth-order valence-electron chi connectivity index (χ4n) is 1.27. The Balaban J connectivity index is 2.13. The summed E-state index contributed by atoms with van der Waals surface area (Å²) in [5.74, 6) is -0.385. The van der Waals surface area contributed by atoms with Crippen LogP contribution in [0.2, 0.25) is 0 Å². The SMILES string of the molecule is CC1OC(=O)N(Nc2ccccc2)C1=O. The van der Waals surface area contributed by atoms with Crippen molar-refractivity contribution < 1.29 is 14.3 Å². The maximum atomic E-state index is 11.4. The van der Waals surface area contributed by atoms with Crippen LogP contribution in [0.3, 0.4) is 0 Å². The van der Waals surface area contributed by atoms with E-state index in [4.69, 9.17) is 4.74 Å². The van der Waals surface area contributed by atoms with E-state index in [0.29, 0.717) is 5.69 Å². The van der Waals surface area contributed by atoms with E-state index < -0.39 is 12.2 Å². The molecular formula is C10H10N2O3. The van der Waals surface area contributed by atoms with Gasteiger partial charge in [-0.25, -0.2) is 4.79 Å². The highest BCUT2D eigenvalue weighted by Crippen LogP contribution is 2.15. The highest BCUT2D eigenvalue weighted by molar-refractivity contribution is 6.00. The Morgan fingerprint density at radius 2 is 1.93 bits per heavy atom. The van der Waals surface area contributed by atoms with Gasteiger partial charge in [0.2, 0.25) is 0 Å². The van der Waals surface area contributed by atoms with Gasteiger partial charge >= 0.3 is 6.09 Å². The Labute approximate surface area is 86.6 Å². The van der Waals surface area contributed by atoms with Crippen molar-refractivity contribution in [1.82, 2.24) is 5.01 Å². The Morgan fingerprint density at radius 1 is 1.27 bits per heavy atom. The molecule has 15 heavy (non-hydrogen) atoms. The van der Waals surface area contributed by atoms with Crippen LogP contribution in [0.1, 0.15) is 6.92 Å². The fraction of sp³-hybridized carbons (Fsp3) is 0.200. The van der Waals surface area contributed by atoms with E-state index in [-0.39, 0.29) is 5.91 Å². The predicted molar refractivity (Wildman–Crippen MR) is 52.9 cm³/mol. The van der Waals surface area contributed by atoms with Crippen molar-refractivity contribution >= 4 is 17.7 Å². The standard InChI is InChI=1S/C10H10N2O3/c1-7-9(13)12(10(14)15-7)11-8-5-3-2-4-6-8/h2-7,11H,1H3. The molecule has 1 aliphatic heterocycles. The maximum absolute atomic E-state index is 11.4. The molecule has 1 aromatic rings. The molecule has 0 saturated carbocycles. The number of ether oxygens (including phenoxy) is 1. The summed E-state index contributed by atoms with van der Waals surface area (Å²) in [5.41, 5.74) is 3.34. The first-order valence-corrected chi connectivity index (χ1v) is 4.55. The molecule has 1 N–H and O–H groups in total. The lowest BCUT2D eigenvalue weighted by Gasteiger charge is -2.13. The summed E-state index contributed by atoms with van der Waals surface area (Å²) in [6.45, 7) is 1.53. The molecule has 1 atom stereocenters. The molecule has 1 saturated heterocycles. The first kappa shape index (κ1) is 9.51. The molecule has 1 fully saturated rings. The second-order valence-corrected chi connectivity index (χ2v) is 3.18. The monoisotopic (exact) mass is 206 g/mol. The van der Waals surface area contributed by atoms with Gasteiger partial charge in [0.25, 0.3) is 5.91 Å². The Hall–Kier alpha value is -2.04. The number of para-hydroxylation sites is 1. The van der Waals surface area contributed by atoms with Gasteiger partial charge in [0.05, 0.1) is 5.69 Å². The number of carbonyl (C=O) groups excluding carboxylic acids is 2. The van der Waals surface area contributed by atoms with Crippen molar-refractivity contribution in [3.8, 4) is 0 Å². The van der Waals surface area contributed by atoms with Crippen molar-refractivity contribution in [3.63, 3.8) is 0 Å². The van der Waals surface area contributed by atoms with E-state index in [1.807, 2.05) is 6.07 Å². The third-order valence-electron chi connectivity index (χ3n) is 2.04. The molecule has 0 bridgehead atoms. The number of benzene rings is 1. The fourth-order valence-corrected chi connectivity index (χ4v) is 1.27. The van der Waals surface area contributed by atoms with Crippen molar-refractivity contribution in [2.45, 2.75) is 13.0 Å². The number of rotatable bonds is 2. The van der Waals surface area contributed by atoms with Gasteiger partial charge in [0.15, 0.2) is 6.10 Å².